The van der Waals surface area contributed by atoms with Crippen molar-refractivity contribution in [3.05, 3.63) is 101 Å². The summed E-state index contributed by atoms with van der Waals surface area (Å²) in [5, 5.41) is 14.7. The largest absolute Gasteiger partial charge is 0.480 e. The van der Waals surface area contributed by atoms with Crippen molar-refractivity contribution in [1.29, 1.82) is 0 Å². The number of rotatable bonds is 13. The number of phosphoric acid groups is 1. The highest BCUT2D eigenvalue weighted by Gasteiger charge is 2.48. The average molecular weight is 1070 g/mol. The molecule has 3 fully saturated rings. The van der Waals surface area contributed by atoms with Crippen LogP contribution in [-0.2, 0) is 38.1 Å². The fraction of sp³-hybridized carbons (Fsp3) is 0.444. The number of likely N-dealkylation sites (tertiary alicyclic amines) is 1. The van der Waals surface area contributed by atoms with Crippen molar-refractivity contribution >= 4 is 66.1 Å². The number of hydrogen-bond acceptors (Lipinski definition) is 16. The molecule has 3 atom stereocenters. The number of methoxy groups -OCH3 is 1. The third-order valence-corrected chi connectivity index (χ3v) is 16.5. The van der Waals surface area contributed by atoms with Crippen molar-refractivity contribution in [2.75, 3.05) is 73.1 Å². The molecule has 0 radical (unpaired) electrons. The number of aromatic nitrogens is 4. The van der Waals surface area contributed by atoms with Crippen molar-refractivity contribution in [3.8, 4) is 17.0 Å². The molecule has 0 bridgehead atoms. The van der Waals surface area contributed by atoms with Crippen LogP contribution in [0, 0.1) is 5.41 Å². The van der Waals surface area contributed by atoms with Crippen molar-refractivity contribution in [2.45, 2.75) is 97.0 Å². The van der Waals surface area contributed by atoms with E-state index in [9.17, 15) is 33.6 Å². The zero-order chi connectivity index (χ0) is 54.2. The Balaban J connectivity index is 0.708. The maximum absolute atomic E-state index is 14.1. The van der Waals surface area contributed by atoms with Crippen molar-refractivity contribution in [2.24, 2.45) is 5.41 Å². The van der Waals surface area contributed by atoms with Crippen LogP contribution in [0.1, 0.15) is 108 Å². The Labute approximate surface area is 444 Å². The van der Waals surface area contributed by atoms with Crippen LogP contribution in [0.5, 0.6) is 5.88 Å². The van der Waals surface area contributed by atoms with E-state index in [-0.39, 0.29) is 41.3 Å². The molecular formula is C54H62N11O11P. The lowest BCUT2D eigenvalue weighted by Crippen LogP contribution is -2.57. The Hall–Kier alpha value is -7.07. The first kappa shape index (κ1) is 52.0. The van der Waals surface area contributed by atoms with Gasteiger partial charge in [-0.1, -0.05) is 13.8 Å². The molecule has 5 aliphatic heterocycles. The number of phosphoric ester groups is 1. The smallest absolute Gasteiger partial charge is 0.471 e. The minimum atomic E-state index is -5.01. The van der Waals surface area contributed by atoms with Gasteiger partial charge in [0, 0.05) is 99.2 Å². The Morgan fingerprint density at radius 1 is 0.831 bits per heavy atom. The molecule has 0 spiro atoms. The number of piperidine rings is 2. The van der Waals surface area contributed by atoms with Crippen LogP contribution in [0.4, 0.5) is 28.7 Å². The number of benzene rings is 1. The third kappa shape index (κ3) is 9.75. The Kier molecular flexibility index (Phi) is 13.5. The van der Waals surface area contributed by atoms with Gasteiger partial charge < -0.3 is 39.3 Å². The first-order valence-corrected chi connectivity index (χ1v) is 27.6. The summed E-state index contributed by atoms with van der Waals surface area (Å²) in [6.07, 6.45) is 7.58. The molecule has 1 aromatic carbocycles. The van der Waals surface area contributed by atoms with E-state index in [1.165, 1.54) is 11.3 Å². The molecule has 77 heavy (non-hydrogen) atoms. The predicted octanol–water partition coefficient (Wildman–Crippen LogP) is 5.29. The number of hydrogen-bond donors (Lipinski definition) is 4. The zero-order valence-corrected chi connectivity index (χ0v) is 44.5. The van der Waals surface area contributed by atoms with E-state index in [0.29, 0.717) is 69.6 Å². The Morgan fingerprint density at radius 2 is 1.60 bits per heavy atom. The van der Waals surface area contributed by atoms with Gasteiger partial charge in [-0.25, -0.2) is 19.5 Å². The number of pyridine rings is 3. The molecule has 1 aliphatic carbocycles. The van der Waals surface area contributed by atoms with E-state index in [1.807, 2.05) is 36.5 Å². The van der Waals surface area contributed by atoms with Crippen LogP contribution in [0.25, 0.3) is 11.1 Å². The second-order valence-corrected chi connectivity index (χ2v) is 22.9. The van der Waals surface area contributed by atoms with Crippen LogP contribution < -0.4 is 24.8 Å². The number of carbonyl (C=O) groups is 5. The molecule has 6 aliphatic rings. The van der Waals surface area contributed by atoms with Crippen molar-refractivity contribution < 1.29 is 52.7 Å². The number of ether oxygens (including phenoxy) is 1. The lowest BCUT2D eigenvalue weighted by atomic mass is 9.90. The molecule has 1 unspecified atom stereocenters. The molecule has 9 heterocycles. The summed E-state index contributed by atoms with van der Waals surface area (Å²) in [5.41, 5.74) is 7.87. The van der Waals surface area contributed by atoms with E-state index in [2.05, 4.69) is 59.8 Å². The number of anilines is 5. The van der Waals surface area contributed by atoms with Gasteiger partial charge in [0.15, 0.2) is 0 Å². The van der Waals surface area contributed by atoms with Gasteiger partial charge in [-0.05, 0) is 111 Å². The van der Waals surface area contributed by atoms with Gasteiger partial charge in [0.05, 0.1) is 36.2 Å². The van der Waals surface area contributed by atoms with Gasteiger partial charge in [0.2, 0.25) is 11.8 Å². The van der Waals surface area contributed by atoms with E-state index < -0.39 is 50.3 Å². The molecule has 11 rings (SSSR count). The van der Waals surface area contributed by atoms with Gasteiger partial charge in [-0.3, -0.25) is 48.1 Å². The highest BCUT2D eigenvalue weighted by molar-refractivity contribution is 7.46. The fourth-order valence-corrected chi connectivity index (χ4v) is 12.6. The summed E-state index contributed by atoms with van der Waals surface area (Å²) in [7, 11) is -3.45. The topological polar surface area (TPSA) is 257 Å². The number of piperazine rings is 1. The SMILES string of the molecule is COc1ncc(-c2ccnc(N3CCn4c(cc5c4CC(C)(C)C5)C3=O)c2[C@@H](C)O)cc1Nc1ccc(N2CCN(C3CCN(c4ccc5c(c4)C(=O)N(C4CCC(=O)N(COP(=O)(O)O)C4=O)C5=O)CC3)C[C@@H]2C)cn1. The summed E-state index contributed by atoms with van der Waals surface area (Å²) in [6, 6.07) is 14.0. The number of aliphatic hydroxyl groups is 1. The van der Waals surface area contributed by atoms with Crippen LogP contribution in [0.3, 0.4) is 0 Å². The number of imide groups is 2. The molecule has 5 aromatic rings. The molecule has 22 nitrogen and oxygen atoms in total. The normalized spacial score (nSPS) is 21.5. The lowest BCUT2D eigenvalue weighted by molar-refractivity contribution is -0.155. The molecule has 5 amide bonds. The molecular weight excluding hydrogens is 1010 g/mol. The highest BCUT2D eigenvalue weighted by atomic mass is 31.2. The second-order valence-electron chi connectivity index (χ2n) is 21.6. The maximum Gasteiger partial charge on any atom is 0.471 e. The summed E-state index contributed by atoms with van der Waals surface area (Å²) in [5.74, 6) is -1.76. The maximum atomic E-state index is 14.1. The second kappa shape index (κ2) is 20.1. The van der Waals surface area contributed by atoms with E-state index in [4.69, 9.17) is 19.5 Å². The summed E-state index contributed by atoms with van der Waals surface area (Å²) < 4.78 is 23.5. The lowest BCUT2D eigenvalue weighted by Gasteiger charge is -2.46. The van der Waals surface area contributed by atoms with Gasteiger partial charge >= 0.3 is 7.82 Å². The summed E-state index contributed by atoms with van der Waals surface area (Å²) in [6.45, 7) is 12.5. The monoisotopic (exact) mass is 1070 g/mol. The molecule has 4 N–H and O–H groups in total. The van der Waals surface area contributed by atoms with E-state index in [0.717, 1.165) is 74.7 Å². The number of carbonyl (C=O) groups excluding carboxylic acids is 5. The predicted molar refractivity (Wildman–Crippen MR) is 283 cm³/mol. The van der Waals surface area contributed by atoms with Gasteiger partial charge in [0.1, 0.15) is 35.8 Å². The number of nitrogens with one attached hydrogen (secondary N) is 1. The van der Waals surface area contributed by atoms with Gasteiger partial charge in [0.25, 0.3) is 23.6 Å². The molecule has 404 valence electrons. The highest BCUT2D eigenvalue weighted by Crippen LogP contribution is 2.43. The van der Waals surface area contributed by atoms with Gasteiger partial charge in [-0.2, -0.15) is 0 Å². The number of aliphatic hydroxyl groups excluding tert-OH is 1. The standard InChI is InChI=1S/C54H62N11O11P/c1-31-29-60(35-13-16-59(17-14-35)36-6-8-39-40(24-36)51(69)65(50(39)68)42-9-11-46(67)64(52(42)70)30-76-77(72,73)74)18-19-61(31)37-7-10-45(56-28-37)58-41-22-34(27-57-49(41)75-5)38-12-15-55-48(47(38)32(2)66)63-21-20-62-43(53(63)71)23-33-25-54(3,4)26-44(33)62/h6-8,10,12,15,22-24,27-28,31-32,35,42,66H,9,11,13-14,16-21,25-26,29-30H2,1-5H3,(H,56,58)(H2,72,73,74)/t31-,32+,42?/m0/s1. The minimum absolute atomic E-state index is 0.111. The van der Waals surface area contributed by atoms with Crippen LogP contribution in [-0.4, -0.2) is 150 Å². The summed E-state index contributed by atoms with van der Waals surface area (Å²) >= 11 is 0. The van der Waals surface area contributed by atoms with E-state index >= 15 is 0 Å². The van der Waals surface area contributed by atoms with Crippen LogP contribution >= 0.6 is 7.82 Å². The molecule has 3 saturated heterocycles. The Morgan fingerprint density at radius 3 is 2.31 bits per heavy atom. The van der Waals surface area contributed by atoms with Crippen LogP contribution in [0.15, 0.2) is 67.1 Å². The minimum Gasteiger partial charge on any atom is -0.480 e. The van der Waals surface area contributed by atoms with Gasteiger partial charge in [-0.15, -0.1) is 0 Å². The Bertz CT molecular complexity index is 3260. The average Bonchev–Trinajstić information content (AvgIpc) is 4.01. The first-order valence-electron chi connectivity index (χ1n) is 26.1. The van der Waals surface area contributed by atoms with Crippen LogP contribution in [0.2, 0.25) is 0 Å². The van der Waals surface area contributed by atoms with Crippen molar-refractivity contribution in [3.63, 3.8) is 0 Å². The zero-order valence-electron chi connectivity index (χ0n) is 43.6. The third-order valence-electron chi connectivity index (χ3n) is 16.0. The fourth-order valence-electron chi connectivity index (χ4n) is 12.3. The summed E-state index contributed by atoms with van der Waals surface area (Å²) in [4.78, 5) is 110. The number of nitrogens with zero attached hydrogens (tertiary/aromatic N) is 10. The van der Waals surface area contributed by atoms with E-state index in [1.54, 1.807) is 49.5 Å². The van der Waals surface area contributed by atoms with Crippen molar-refractivity contribution in [1.82, 2.24) is 34.2 Å². The molecule has 4 aromatic heterocycles. The number of amides is 5. The quantitative estimate of drug-likeness (QED) is 0.0863. The first-order chi connectivity index (χ1) is 36.8. The molecule has 23 heteroatoms. The molecule has 0 saturated carbocycles. The number of fused-ring (bicyclic) bond motifs is 4.